The predicted octanol–water partition coefficient (Wildman–Crippen LogP) is 2.81. The molecule has 2 heteroatoms. The Hall–Kier alpha value is -0.0800. The van der Waals surface area contributed by atoms with Gasteiger partial charge in [-0.05, 0) is 26.2 Å². The average molecular weight is 215 g/mol. The van der Waals surface area contributed by atoms with Crippen LogP contribution in [-0.2, 0) is 0 Å². The van der Waals surface area contributed by atoms with E-state index in [4.69, 9.17) is 0 Å². The second-order valence-electron chi connectivity index (χ2n) is 5.24. The molecule has 0 fully saturated rings. The second kappa shape index (κ2) is 6.49. The van der Waals surface area contributed by atoms with Gasteiger partial charge in [0, 0.05) is 18.0 Å². The zero-order chi connectivity index (χ0) is 12.1. The van der Waals surface area contributed by atoms with E-state index in [1.807, 2.05) is 6.92 Å². The first-order chi connectivity index (χ1) is 6.87. The molecule has 0 aromatic heterocycles. The third-order valence-corrected chi connectivity index (χ3v) is 4.14. The number of hydrogen-bond donors (Lipinski definition) is 2. The largest absolute Gasteiger partial charge is 0.393 e. The summed E-state index contributed by atoms with van der Waals surface area (Å²) < 4.78 is 0. The molecular weight excluding hydrogens is 186 g/mol. The molecule has 92 valence electrons. The molecule has 0 heterocycles. The van der Waals surface area contributed by atoms with Crippen LogP contribution in [0, 0.1) is 11.3 Å². The van der Waals surface area contributed by atoms with Crippen LogP contribution in [0.25, 0.3) is 0 Å². The molecule has 0 radical (unpaired) electrons. The molecule has 0 saturated heterocycles. The molecule has 0 saturated carbocycles. The van der Waals surface area contributed by atoms with E-state index >= 15 is 0 Å². The van der Waals surface area contributed by atoms with Gasteiger partial charge in [0.25, 0.3) is 0 Å². The smallest absolute Gasteiger partial charge is 0.0577 e. The van der Waals surface area contributed by atoms with Crippen LogP contribution in [0.2, 0.25) is 0 Å². The third-order valence-electron chi connectivity index (χ3n) is 4.14. The van der Waals surface area contributed by atoms with Gasteiger partial charge >= 0.3 is 0 Å². The highest BCUT2D eigenvalue weighted by Gasteiger charge is 2.28. The van der Waals surface area contributed by atoms with Gasteiger partial charge in [-0.2, -0.15) is 0 Å². The number of rotatable bonds is 7. The van der Waals surface area contributed by atoms with Gasteiger partial charge in [0.2, 0.25) is 0 Å². The Morgan fingerprint density at radius 1 is 1.20 bits per heavy atom. The molecule has 0 spiro atoms. The normalized spacial score (nSPS) is 21.8. The molecule has 0 aliphatic rings. The van der Waals surface area contributed by atoms with E-state index in [2.05, 4.69) is 39.9 Å². The summed E-state index contributed by atoms with van der Waals surface area (Å²) >= 11 is 0. The summed E-state index contributed by atoms with van der Waals surface area (Å²) in [6.45, 7) is 13.8. The van der Waals surface area contributed by atoms with Crippen LogP contribution in [0.1, 0.15) is 54.4 Å². The molecule has 4 unspecified atom stereocenters. The Morgan fingerprint density at radius 2 is 1.73 bits per heavy atom. The summed E-state index contributed by atoms with van der Waals surface area (Å²) in [4.78, 5) is 0. The molecule has 0 amide bonds. The van der Waals surface area contributed by atoms with E-state index in [-0.39, 0.29) is 11.5 Å². The van der Waals surface area contributed by atoms with E-state index in [1.54, 1.807) is 0 Å². The van der Waals surface area contributed by atoms with E-state index in [0.29, 0.717) is 12.0 Å². The Bertz CT molecular complexity index is 170. The number of aliphatic hydroxyl groups is 1. The molecule has 0 rings (SSSR count). The quantitative estimate of drug-likeness (QED) is 0.684. The fraction of sp³-hybridized carbons (Fsp3) is 1.00. The lowest BCUT2D eigenvalue weighted by molar-refractivity contribution is 0.0459. The van der Waals surface area contributed by atoms with Crippen molar-refractivity contribution in [3.05, 3.63) is 0 Å². The Labute approximate surface area is 95.5 Å². The van der Waals surface area contributed by atoms with Crippen LogP contribution in [0.4, 0.5) is 0 Å². The summed E-state index contributed by atoms with van der Waals surface area (Å²) in [7, 11) is 0. The number of nitrogens with one attached hydrogen (secondary N) is 1. The lowest BCUT2D eigenvalue weighted by atomic mass is 9.82. The second-order valence-corrected chi connectivity index (χ2v) is 5.24. The fourth-order valence-electron chi connectivity index (χ4n) is 1.52. The Morgan fingerprint density at radius 3 is 2.07 bits per heavy atom. The van der Waals surface area contributed by atoms with Crippen molar-refractivity contribution in [1.29, 1.82) is 0 Å². The van der Waals surface area contributed by atoms with Crippen LogP contribution < -0.4 is 5.32 Å². The maximum Gasteiger partial charge on any atom is 0.0577 e. The van der Waals surface area contributed by atoms with Crippen LogP contribution in [0.3, 0.4) is 0 Å². The van der Waals surface area contributed by atoms with Crippen molar-refractivity contribution < 1.29 is 5.11 Å². The summed E-state index contributed by atoms with van der Waals surface area (Å²) in [5.41, 5.74) is 0.00171. The van der Waals surface area contributed by atoms with E-state index in [0.717, 1.165) is 13.0 Å². The minimum absolute atomic E-state index is 0.00171. The average Bonchev–Trinajstić information content (AvgIpc) is 2.23. The molecule has 4 atom stereocenters. The van der Waals surface area contributed by atoms with Crippen LogP contribution in [0.5, 0.6) is 0 Å². The highest BCUT2D eigenvalue weighted by Crippen LogP contribution is 2.25. The van der Waals surface area contributed by atoms with Crippen molar-refractivity contribution in [1.82, 2.24) is 5.32 Å². The first-order valence-electron chi connectivity index (χ1n) is 6.28. The SMILES string of the molecule is CCC(C)C(C)NCC(C)(CC)C(C)O. The van der Waals surface area contributed by atoms with Gasteiger partial charge in [-0.25, -0.2) is 0 Å². The van der Waals surface area contributed by atoms with Gasteiger partial charge in [-0.15, -0.1) is 0 Å². The standard InChI is InChI=1S/C13H29NO/c1-7-10(3)11(4)14-9-13(6,8-2)12(5)15/h10-12,14-15H,7-9H2,1-6H3. The molecular formula is C13H29NO. The van der Waals surface area contributed by atoms with Gasteiger partial charge in [0.1, 0.15) is 0 Å². The molecule has 0 bridgehead atoms. The Balaban J connectivity index is 4.12. The van der Waals surface area contributed by atoms with Crippen molar-refractivity contribution in [3.63, 3.8) is 0 Å². The van der Waals surface area contributed by atoms with Crippen molar-refractivity contribution in [2.24, 2.45) is 11.3 Å². The minimum Gasteiger partial charge on any atom is -0.393 e. The van der Waals surface area contributed by atoms with Crippen LogP contribution in [0.15, 0.2) is 0 Å². The number of aliphatic hydroxyl groups excluding tert-OH is 1. The van der Waals surface area contributed by atoms with Crippen molar-refractivity contribution in [3.8, 4) is 0 Å². The summed E-state index contributed by atoms with van der Waals surface area (Å²) in [6.07, 6.45) is 1.95. The molecule has 0 aromatic rings. The predicted molar refractivity (Wildman–Crippen MR) is 67.0 cm³/mol. The molecule has 0 aromatic carbocycles. The molecule has 0 aliphatic carbocycles. The van der Waals surface area contributed by atoms with Crippen molar-refractivity contribution >= 4 is 0 Å². The molecule has 15 heavy (non-hydrogen) atoms. The van der Waals surface area contributed by atoms with Crippen LogP contribution in [-0.4, -0.2) is 23.8 Å². The van der Waals surface area contributed by atoms with E-state index < -0.39 is 0 Å². The number of hydrogen-bond acceptors (Lipinski definition) is 2. The van der Waals surface area contributed by atoms with Crippen LogP contribution >= 0.6 is 0 Å². The van der Waals surface area contributed by atoms with E-state index in [9.17, 15) is 5.11 Å². The van der Waals surface area contributed by atoms with E-state index in [1.165, 1.54) is 6.42 Å². The van der Waals surface area contributed by atoms with Gasteiger partial charge < -0.3 is 10.4 Å². The first kappa shape index (κ1) is 14.9. The van der Waals surface area contributed by atoms with Gasteiger partial charge in [-0.3, -0.25) is 0 Å². The van der Waals surface area contributed by atoms with Gasteiger partial charge in [0.05, 0.1) is 6.10 Å². The lowest BCUT2D eigenvalue weighted by Gasteiger charge is -2.34. The molecule has 0 aliphatic heterocycles. The van der Waals surface area contributed by atoms with Crippen molar-refractivity contribution in [2.45, 2.75) is 66.5 Å². The first-order valence-corrected chi connectivity index (χ1v) is 6.28. The third kappa shape index (κ3) is 4.52. The highest BCUT2D eigenvalue weighted by molar-refractivity contribution is 4.82. The maximum atomic E-state index is 9.74. The minimum atomic E-state index is -0.251. The van der Waals surface area contributed by atoms with Gasteiger partial charge in [0.15, 0.2) is 0 Å². The summed E-state index contributed by atoms with van der Waals surface area (Å²) in [5.74, 6) is 0.695. The summed E-state index contributed by atoms with van der Waals surface area (Å²) in [6, 6.07) is 0.527. The zero-order valence-electron chi connectivity index (χ0n) is 11.3. The topological polar surface area (TPSA) is 32.3 Å². The zero-order valence-corrected chi connectivity index (χ0v) is 11.3. The molecule has 2 N–H and O–H groups in total. The monoisotopic (exact) mass is 215 g/mol. The van der Waals surface area contributed by atoms with Gasteiger partial charge in [-0.1, -0.05) is 34.1 Å². The fourth-order valence-corrected chi connectivity index (χ4v) is 1.52. The molecule has 2 nitrogen and oxygen atoms in total. The van der Waals surface area contributed by atoms with Crippen molar-refractivity contribution in [2.75, 3.05) is 6.54 Å². The maximum absolute atomic E-state index is 9.74. The Kier molecular flexibility index (Phi) is 6.46. The lowest BCUT2D eigenvalue weighted by Crippen LogP contribution is -2.44. The highest BCUT2D eigenvalue weighted by atomic mass is 16.3. The summed E-state index contributed by atoms with van der Waals surface area (Å²) in [5, 5.41) is 13.3.